The van der Waals surface area contributed by atoms with E-state index >= 15 is 0 Å². The van der Waals surface area contributed by atoms with Crippen molar-refractivity contribution >= 4 is 23.4 Å². The van der Waals surface area contributed by atoms with E-state index in [9.17, 15) is 9.59 Å². The van der Waals surface area contributed by atoms with Crippen molar-refractivity contribution in [3.63, 3.8) is 0 Å². The molecule has 2 rings (SSSR count). The molecule has 4 amide bonds. The molecule has 1 fully saturated rings. The molecule has 1 aromatic rings. The summed E-state index contributed by atoms with van der Waals surface area (Å²) in [6.45, 7) is 5.37. The second-order valence-electron chi connectivity index (χ2n) is 6.16. The molecule has 1 atom stereocenters. The van der Waals surface area contributed by atoms with Crippen LogP contribution in [0.4, 0.5) is 21.0 Å². The number of hydrogen-bond donors (Lipinski definition) is 4. The third-order valence-corrected chi connectivity index (χ3v) is 4.24. The predicted molar refractivity (Wildman–Crippen MR) is 99.0 cm³/mol. The van der Waals surface area contributed by atoms with Crippen LogP contribution in [0.2, 0.25) is 0 Å². The van der Waals surface area contributed by atoms with Crippen LogP contribution in [0.1, 0.15) is 39.5 Å². The lowest BCUT2D eigenvalue weighted by Gasteiger charge is -2.15. The third kappa shape index (κ3) is 6.62. The highest BCUT2D eigenvalue weighted by Gasteiger charge is 2.16. The van der Waals surface area contributed by atoms with Crippen molar-refractivity contribution in [2.24, 2.45) is 0 Å². The van der Waals surface area contributed by atoms with Crippen molar-refractivity contribution in [1.29, 1.82) is 0 Å². The van der Waals surface area contributed by atoms with Gasteiger partial charge in [-0.3, -0.25) is 0 Å². The molecular formula is C18H28N4O3. The van der Waals surface area contributed by atoms with Crippen LogP contribution in [-0.2, 0) is 4.74 Å². The maximum atomic E-state index is 11.9. The van der Waals surface area contributed by atoms with Gasteiger partial charge in [0.15, 0.2) is 0 Å². The van der Waals surface area contributed by atoms with Crippen LogP contribution in [0.25, 0.3) is 0 Å². The minimum Gasteiger partial charge on any atom is -0.376 e. The van der Waals surface area contributed by atoms with E-state index < -0.39 is 0 Å². The summed E-state index contributed by atoms with van der Waals surface area (Å²) < 4.78 is 5.46. The molecular weight excluding hydrogens is 320 g/mol. The number of amides is 4. The Balaban J connectivity index is 1.74. The van der Waals surface area contributed by atoms with Gasteiger partial charge in [0.1, 0.15) is 0 Å². The zero-order chi connectivity index (χ0) is 18.1. The van der Waals surface area contributed by atoms with E-state index in [0.29, 0.717) is 17.9 Å². The second-order valence-corrected chi connectivity index (χ2v) is 6.16. The molecule has 0 bridgehead atoms. The number of urea groups is 2. The Morgan fingerprint density at radius 1 is 1.08 bits per heavy atom. The third-order valence-electron chi connectivity index (χ3n) is 4.24. The highest BCUT2D eigenvalue weighted by molar-refractivity contribution is 5.91. The predicted octanol–water partition coefficient (Wildman–Crippen LogP) is 3.30. The van der Waals surface area contributed by atoms with Gasteiger partial charge in [0.25, 0.3) is 0 Å². The van der Waals surface area contributed by atoms with E-state index in [1.165, 1.54) is 0 Å². The molecule has 0 radical (unpaired) electrons. The lowest BCUT2D eigenvalue weighted by Crippen LogP contribution is -2.37. The van der Waals surface area contributed by atoms with Gasteiger partial charge in [0.05, 0.1) is 6.10 Å². The van der Waals surface area contributed by atoms with Gasteiger partial charge >= 0.3 is 12.1 Å². The first-order valence-electron chi connectivity index (χ1n) is 8.94. The first-order chi connectivity index (χ1) is 12.1. The molecule has 7 nitrogen and oxygen atoms in total. The molecule has 1 aliphatic rings. The minimum atomic E-state index is -0.261. The highest BCUT2D eigenvalue weighted by Crippen LogP contribution is 2.14. The Morgan fingerprint density at radius 2 is 1.68 bits per heavy atom. The number of nitrogens with one attached hydrogen (secondary N) is 4. The first kappa shape index (κ1) is 19.1. The van der Waals surface area contributed by atoms with Crippen molar-refractivity contribution < 1.29 is 14.3 Å². The van der Waals surface area contributed by atoms with E-state index in [4.69, 9.17) is 4.74 Å². The molecule has 1 aromatic carbocycles. The summed E-state index contributed by atoms with van der Waals surface area (Å²) in [6.07, 6.45) is 3.94. The largest absolute Gasteiger partial charge is 0.376 e. The van der Waals surface area contributed by atoms with Gasteiger partial charge in [-0.2, -0.15) is 0 Å². The number of benzene rings is 1. The van der Waals surface area contributed by atoms with E-state index in [0.717, 1.165) is 32.3 Å². The molecule has 138 valence electrons. The molecule has 25 heavy (non-hydrogen) atoms. The zero-order valence-electron chi connectivity index (χ0n) is 14.9. The number of hydrogen-bond acceptors (Lipinski definition) is 3. The normalized spacial score (nSPS) is 16.5. The Hall–Kier alpha value is -2.28. The zero-order valence-corrected chi connectivity index (χ0v) is 14.9. The fraction of sp³-hybridized carbons (Fsp3) is 0.556. The number of carbonyl (C=O) groups excluding carboxylic acids is 2. The molecule has 1 heterocycles. The van der Waals surface area contributed by atoms with Crippen molar-refractivity contribution in [2.75, 3.05) is 23.8 Å². The van der Waals surface area contributed by atoms with Gasteiger partial charge in [-0.05, 0) is 49.9 Å². The van der Waals surface area contributed by atoms with E-state index in [1.54, 1.807) is 24.3 Å². The van der Waals surface area contributed by atoms with E-state index in [-0.39, 0.29) is 24.2 Å². The van der Waals surface area contributed by atoms with Crippen LogP contribution >= 0.6 is 0 Å². The Kier molecular flexibility index (Phi) is 7.53. The quantitative estimate of drug-likeness (QED) is 0.609. The van der Waals surface area contributed by atoms with Gasteiger partial charge in [0, 0.05) is 30.6 Å². The number of rotatable bonds is 7. The average molecular weight is 348 g/mol. The average Bonchev–Trinajstić information content (AvgIpc) is 3.13. The van der Waals surface area contributed by atoms with Crippen molar-refractivity contribution in [3.05, 3.63) is 24.3 Å². The SMILES string of the molecule is CCC(CC)NC(=O)Nc1ccc(NC(=O)NC[C@H]2CCCO2)cc1. The fourth-order valence-electron chi connectivity index (χ4n) is 2.67. The Labute approximate surface area is 148 Å². The smallest absolute Gasteiger partial charge is 0.319 e. The van der Waals surface area contributed by atoms with Gasteiger partial charge < -0.3 is 26.0 Å². The van der Waals surface area contributed by atoms with Gasteiger partial charge in [-0.1, -0.05) is 13.8 Å². The molecule has 0 unspecified atom stereocenters. The molecule has 0 aromatic heterocycles. The van der Waals surface area contributed by atoms with E-state index in [1.807, 2.05) is 13.8 Å². The minimum absolute atomic E-state index is 0.117. The van der Waals surface area contributed by atoms with Crippen LogP contribution in [0.3, 0.4) is 0 Å². The van der Waals surface area contributed by atoms with Crippen LogP contribution in [-0.4, -0.2) is 37.4 Å². The summed E-state index contributed by atoms with van der Waals surface area (Å²) in [5.74, 6) is 0. The van der Waals surface area contributed by atoms with Gasteiger partial charge in [-0.15, -0.1) is 0 Å². The lowest BCUT2D eigenvalue weighted by atomic mass is 10.2. The number of ether oxygens (including phenoxy) is 1. The topological polar surface area (TPSA) is 91.5 Å². The summed E-state index contributed by atoms with van der Waals surface area (Å²) in [7, 11) is 0. The second kappa shape index (κ2) is 9.88. The maximum Gasteiger partial charge on any atom is 0.319 e. The monoisotopic (exact) mass is 348 g/mol. The summed E-state index contributed by atoms with van der Waals surface area (Å²) in [5, 5.41) is 11.3. The Bertz CT molecular complexity index is 552. The highest BCUT2D eigenvalue weighted by atomic mass is 16.5. The summed E-state index contributed by atoms with van der Waals surface area (Å²) in [6, 6.07) is 6.70. The molecule has 0 saturated carbocycles. The number of carbonyl (C=O) groups is 2. The van der Waals surface area contributed by atoms with Crippen molar-refractivity contribution in [3.8, 4) is 0 Å². The van der Waals surface area contributed by atoms with Crippen LogP contribution in [0.5, 0.6) is 0 Å². The maximum absolute atomic E-state index is 11.9. The fourth-order valence-corrected chi connectivity index (χ4v) is 2.67. The Morgan fingerprint density at radius 3 is 2.20 bits per heavy atom. The molecule has 1 saturated heterocycles. The number of anilines is 2. The molecule has 7 heteroatoms. The summed E-state index contributed by atoms with van der Waals surface area (Å²) >= 11 is 0. The van der Waals surface area contributed by atoms with Crippen molar-refractivity contribution in [1.82, 2.24) is 10.6 Å². The molecule has 1 aliphatic heterocycles. The van der Waals surface area contributed by atoms with Gasteiger partial charge in [0.2, 0.25) is 0 Å². The van der Waals surface area contributed by atoms with Crippen LogP contribution < -0.4 is 21.3 Å². The van der Waals surface area contributed by atoms with Gasteiger partial charge in [-0.25, -0.2) is 9.59 Å². The molecule has 4 N–H and O–H groups in total. The summed E-state index contributed by atoms with van der Waals surface area (Å²) in [5.41, 5.74) is 1.34. The van der Waals surface area contributed by atoms with E-state index in [2.05, 4.69) is 21.3 Å². The van der Waals surface area contributed by atoms with Crippen LogP contribution in [0.15, 0.2) is 24.3 Å². The standard InChI is InChI=1S/C18H28N4O3/c1-3-13(4-2)20-18(24)22-15-9-7-14(8-10-15)21-17(23)19-12-16-6-5-11-25-16/h7-10,13,16H,3-6,11-12H2,1-2H3,(H2,19,21,23)(H2,20,22,24)/t16-/m1/s1. The molecule has 0 spiro atoms. The summed E-state index contributed by atoms with van der Waals surface area (Å²) in [4.78, 5) is 23.8. The molecule has 0 aliphatic carbocycles. The first-order valence-corrected chi connectivity index (χ1v) is 8.94. The lowest BCUT2D eigenvalue weighted by molar-refractivity contribution is 0.112. The van der Waals surface area contributed by atoms with Crippen LogP contribution in [0, 0.1) is 0 Å². The van der Waals surface area contributed by atoms with Crippen molar-refractivity contribution in [2.45, 2.75) is 51.7 Å².